The van der Waals surface area contributed by atoms with E-state index in [1.165, 1.54) is 15.9 Å². The monoisotopic (exact) mass is 600 g/mol. The van der Waals surface area contributed by atoms with Gasteiger partial charge in [0.15, 0.2) is 11.6 Å². The van der Waals surface area contributed by atoms with Crippen LogP contribution in [0.2, 0.25) is 0 Å². The van der Waals surface area contributed by atoms with E-state index in [9.17, 15) is 0 Å². The fraction of sp³-hybridized carbons (Fsp3) is 0. The fourth-order valence-electron chi connectivity index (χ4n) is 6.52. The highest BCUT2D eigenvalue weighted by atomic mass is 32.1. The molecule has 10 rings (SSSR count). The SMILES string of the molecule is [2H]c1c([2H])c([2H])c2c(c1[2H])c1c([2H])c([2H])c([2H])c([2H])c1n2-c1nc(-c2ccccc2-n2c3ccccc3c3ccccc32)nc2c1sc1ccccc12. The number of hydrogen-bond acceptors (Lipinski definition) is 3. The van der Waals surface area contributed by atoms with Crippen LogP contribution >= 0.6 is 11.3 Å². The Labute approximate surface area is 273 Å². The van der Waals surface area contributed by atoms with E-state index >= 15 is 0 Å². The molecule has 4 aromatic heterocycles. The van der Waals surface area contributed by atoms with Crippen LogP contribution in [0.25, 0.3) is 86.8 Å². The van der Waals surface area contributed by atoms with Gasteiger partial charge in [-0.25, -0.2) is 9.97 Å². The lowest BCUT2D eigenvalue weighted by molar-refractivity contribution is 1.07. The molecule has 6 aromatic carbocycles. The van der Waals surface area contributed by atoms with Crippen LogP contribution in [-0.4, -0.2) is 19.1 Å². The molecule has 0 radical (unpaired) electrons. The molecule has 0 aliphatic rings. The molecule has 45 heavy (non-hydrogen) atoms. The maximum Gasteiger partial charge on any atom is 0.164 e. The molecule has 5 heteroatoms. The molecular formula is C40H24N4S. The van der Waals surface area contributed by atoms with Crippen LogP contribution in [-0.2, 0) is 0 Å². The Bertz CT molecular complexity index is 3110. The van der Waals surface area contributed by atoms with E-state index in [0.29, 0.717) is 21.6 Å². The van der Waals surface area contributed by atoms with E-state index in [0.717, 1.165) is 37.6 Å². The fourth-order valence-corrected chi connectivity index (χ4v) is 7.64. The highest BCUT2D eigenvalue weighted by molar-refractivity contribution is 7.26. The zero-order valence-corrected chi connectivity index (χ0v) is 24.3. The van der Waals surface area contributed by atoms with Crippen molar-refractivity contribution < 1.29 is 11.0 Å². The standard InChI is InChI=1S/C40H24N4S/c1-7-19-31-25(13-1)26-14-2-8-20-32(26)43(31)35-23-11-5-17-29(35)39-41-37-30-18-6-12-24-36(30)45-38(37)40(42-39)44-33-21-9-3-15-27(33)28-16-4-10-22-34(28)44/h1-24H/i3D,4D,9D,10D,15D,16D,21D,22D. The minimum Gasteiger partial charge on any atom is -0.309 e. The van der Waals surface area contributed by atoms with E-state index in [1.807, 2.05) is 72.8 Å². The number of aromatic nitrogens is 4. The average molecular weight is 601 g/mol. The third-order valence-electron chi connectivity index (χ3n) is 8.41. The van der Waals surface area contributed by atoms with Crippen molar-refractivity contribution in [3.05, 3.63) is 145 Å². The van der Waals surface area contributed by atoms with E-state index in [2.05, 4.69) is 28.8 Å². The average Bonchev–Trinajstić information content (AvgIpc) is 3.86. The van der Waals surface area contributed by atoms with Gasteiger partial charge >= 0.3 is 0 Å². The van der Waals surface area contributed by atoms with E-state index in [-0.39, 0.29) is 39.7 Å². The Morgan fingerprint density at radius 2 is 1.09 bits per heavy atom. The Morgan fingerprint density at radius 1 is 0.511 bits per heavy atom. The number of hydrogen-bond donors (Lipinski definition) is 0. The summed E-state index contributed by atoms with van der Waals surface area (Å²) in [5.41, 5.74) is 4.15. The third kappa shape index (κ3) is 3.47. The van der Waals surface area contributed by atoms with Gasteiger partial charge in [0.1, 0.15) is 0 Å². The molecular weight excluding hydrogens is 569 g/mol. The van der Waals surface area contributed by atoms with Gasteiger partial charge in [0.05, 0.1) is 48.9 Å². The summed E-state index contributed by atoms with van der Waals surface area (Å²) < 4.78 is 75.7. The van der Waals surface area contributed by atoms with E-state index in [4.69, 9.17) is 20.9 Å². The summed E-state index contributed by atoms with van der Waals surface area (Å²) >= 11 is 1.41. The molecule has 0 aliphatic heterocycles. The Kier molecular flexibility index (Phi) is 3.77. The minimum absolute atomic E-state index is 0.00176. The zero-order chi connectivity index (χ0) is 36.4. The topological polar surface area (TPSA) is 35.6 Å². The van der Waals surface area contributed by atoms with Crippen LogP contribution in [0.1, 0.15) is 11.0 Å². The highest BCUT2D eigenvalue weighted by Gasteiger charge is 2.22. The summed E-state index contributed by atoms with van der Waals surface area (Å²) in [6, 6.07) is 28.5. The second-order valence-corrected chi connectivity index (χ2v) is 11.9. The van der Waals surface area contributed by atoms with Gasteiger partial charge in [-0.15, -0.1) is 11.3 Å². The van der Waals surface area contributed by atoms with Crippen molar-refractivity contribution in [2.45, 2.75) is 0 Å². The zero-order valence-electron chi connectivity index (χ0n) is 31.4. The molecule has 0 atom stereocenters. The number of para-hydroxylation sites is 5. The van der Waals surface area contributed by atoms with Gasteiger partial charge in [0.25, 0.3) is 0 Å². The summed E-state index contributed by atoms with van der Waals surface area (Å²) in [5.74, 6) is 0.587. The summed E-state index contributed by atoms with van der Waals surface area (Å²) in [6.07, 6.45) is 0. The molecule has 0 saturated heterocycles. The lowest BCUT2D eigenvalue weighted by atomic mass is 10.1. The molecule has 4 nitrogen and oxygen atoms in total. The molecule has 4 heterocycles. The molecule has 0 amide bonds. The van der Waals surface area contributed by atoms with Crippen molar-refractivity contribution >= 4 is 75.3 Å². The lowest BCUT2D eigenvalue weighted by Gasteiger charge is -2.15. The molecule has 0 saturated carbocycles. The first-order valence-corrected chi connectivity index (χ1v) is 15.3. The van der Waals surface area contributed by atoms with Gasteiger partial charge in [-0.3, -0.25) is 4.57 Å². The first-order valence-electron chi connectivity index (χ1n) is 18.5. The number of nitrogens with zero attached hydrogens (tertiary/aromatic N) is 4. The molecule has 0 spiro atoms. The molecule has 0 bridgehead atoms. The first-order chi connectivity index (χ1) is 25.7. The van der Waals surface area contributed by atoms with Crippen molar-refractivity contribution in [3.63, 3.8) is 0 Å². The van der Waals surface area contributed by atoms with Crippen LogP contribution in [0, 0.1) is 0 Å². The second kappa shape index (κ2) is 9.36. The predicted octanol–water partition coefficient (Wildman–Crippen LogP) is 10.7. The van der Waals surface area contributed by atoms with Crippen molar-refractivity contribution in [1.82, 2.24) is 19.1 Å². The third-order valence-corrected chi connectivity index (χ3v) is 9.57. The van der Waals surface area contributed by atoms with Crippen molar-refractivity contribution in [1.29, 1.82) is 0 Å². The number of benzene rings is 6. The molecule has 210 valence electrons. The van der Waals surface area contributed by atoms with Gasteiger partial charge in [-0.1, -0.05) is 103 Å². The summed E-state index contributed by atoms with van der Waals surface area (Å²) in [5, 5.41) is 3.03. The van der Waals surface area contributed by atoms with Gasteiger partial charge in [0, 0.05) is 37.2 Å². The summed E-state index contributed by atoms with van der Waals surface area (Å²) in [6.45, 7) is 0. The smallest absolute Gasteiger partial charge is 0.164 e. The highest BCUT2D eigenvalue weighted by Crippen LogP contribution is 2.41. The quantitative estimate of drug-likeness (QED) is 0.202. The van der Waals surface area contributed by atoms with Crippen LogP contribution in [0.3, 0.4) is 0 Å². The minimum atomic E-state index is -0.496. The lowest BCUT2D eigenvalue weighted by Crippen LogP contribution is -2.04. The molecule has 0 unspecified atom stereocenters. The van der Waals surface area contributed by atoms with Crippen molar-refractivity contribution in [2.75, 3.05) is 0 Å². The van der Waals surface area contributed by atoms with Crippen LogP contribution in [0.5, 0.6) is 0 Å². The van der Waals surface area contributed by atoms with Crippen LogP contribution < -0.4 is 0 Å². The maximum atomic E-state index is 9.14. The molecule has 0 aliphatic carbocycles. The number of rotatable bonds is 3. The Morgan fingerprint density at radius 3 is 1.80 bits per heavy atom. The summed E-state index contributed by atoms with van der Waals surface area (Å²) in [7, 11) is 0. The number of fused-ring (bicyclic) bond motifs is 9. The second-order valence-electron chi connectivity index (χ2n) is 10.8. The largest absolute Gasteiger partial charge is 0.309 e. The summed E-state index contributed by atoms with van der Waals surface area (Å²) in [4.78, 5) is 10.4. The van der Waals surface area contributed by atoms with E-state index in [1.54, 1.807) is 0 Å². The van der Waals surface area contributed by atoms with Gasteiger partial charge in [0.2, 0.25) is 0 Å². The van der Waals surface area contributed by atoms with Gasteiger partial charge < -0.3 is 4.57 Å². The van der Waals surface area contributed by atoms with E-state index < -0.39 is 36.3 Å². The molecule has 10 aromatic rings. The molecule has 0 fully saturated rings. The Hall–Kier alpha value is -5.78. The van der Waals surface area contributed by atoms with Gasteiger partial charge in [-0.2, -0.15) is 0 Å². The first kappa shape index (κ1) is 18.1. The maximum absolute atomic E-state index is 9.14. The van der Waals surface area contributed by atoms with Crippen molar-refractivity contribution in [2.24, 2.45) is 0 Å². The number of thiophene rings is 1. The van der Waals surface area contributed by atoms with Gasteiger partial charge in [-0.05, 0) is 42.4 Å². The normalized spacial score (nSPS) is 14.5. The molecule has 0 N–H and O–H groups in total. The van der Waals surface area contributed by atoms with Crippen LogP contribution in [0.4, 0.5) is 0 Å². The predicted molar refractivity (Wildman–Crippen MR) is 189 cm³/mol. The Balaban J connectivity index is 1.40. The van der Waals surface area contributed by atoms with Crippen molar-refractivity contribution in [3.8, 4) is 22.9 Å². The van der Waals surface area contributed by atoms with Crippen LogP contribution in [0.15, 0.2) is 145 Å².